The highest BCUT2D eigenvalue weighted by Crippen LogP contribution is 2.35. The molecule has 3 heterocycles. The standard InChI is InChI=1S/C22H22N4O4/c27-21-13-30-20-11-16(5-6-19(20)26(21)12-17-2-1-9-29-17)25-22(28)24-15-4-3-14-7-8-23-18(14)10-15/h3-8,10-11,17,23H,1-2,9,12-13H2,(H2,24,25,28). The second kappa shape index (κ2) is 7.72. The van der Waals surface area contributed by atoms with Crippen molar-refractivity contribution in [1.29, 1.82) is 0 Å². The molecule has 3 N–H and O–H groups in total. The number of H-pyrrole nitrogens is 1. The molecule has 1 fully saturated rings. The number of aromatic nitrogens is 1. The number of fused-ring (bicyclic) bond motifs is 2. The van der Waals surface area contributed by atoms with Crippen molar-refractivity contribution < 1.29 is 19.1 Å². The van der Waals surface area contributed by atoms with E-state index in [4.69, 9.17) is 9.47 Å². The zero-order chi connectivity index (χ0) is 20.5. The van der Waals surface area contributed by atoms with Crippen LogP contribution >= 0.6 is 0 Å². The Bertz CT molecular complexity index is 1100. The largest absolute Gasteiger partial charge is 0.481 e. The number of hydrogen-bond donors (Lipinski definition) is 3. The Balaban J connectivity index is 1.28. The van der Waals surface area contributed by atoms with Gasteiger partial charge in [-0.2, -0.15) is 0 Å². The Morgan fingerprint density at radius 3 is 2.80 bits per heavy atom. The SMILES string of the molecule is O=C(Nc1ccc2c(c1)OCC(=O)N2CC1CCCO1)Nc1ccc2cc[nH]c2c1. The van der Waals surface area contributed by atoms with Crippen molar-refractivity contribution >= 4 is 39.9 Å². The average Bonchev–Trinajstić information content (AvgIpc) is 3.41. The minimum Gasteiger partial charge on any atom is -0.481 e. The number of ether oxygens (including phenoxy) is 2. The van der Waals surface area contributed by atoms with E-state index in [2.05, 4.69) is 15.6 Å². The molecule has 8 heteroatoms. The average molecular weight is 406 g/mol. The van der Waals surface area contributed by atoms with E-state index >= 15 is 0 Å². The molecule has 3 aromatic rings. The molecule has 1 unspecified atom stereocenters. The molecule has 1 saturated heterocycles. The summed E-state index contributed by atoms with van der Waals surface area (Å²) in [6, 6.07) is 12.6. The molecule has 8 nitrogen and oxygen atoms in total. The van der Waals surface area contributed by atoms with Crippen molar-refractivity contribution in [3.8, 4) is 5.75 Å². The first-order valence-corrected chi connectivity index (χ1v) is 10.00. The maximum Gasteiger partial charge on any atom is 0.323 e. The smallest absolute Gasteiger partial charge is 0.323 e. The normalized spacial score (nSPS) is 18.2. The zero-order valence-electron chi connectivity index (χ0n) is 16.3. The molecule has 1 aromatic heterocycles. The molecular weight excluding hydrogens is 384 g/mol. The third-order valence-electron chi connectivity index (χ3n) is 5.38. The Morgan fingerprint density at radius 1 is 1.13 bits per heavy atom. The van der Waals surface area contributed by atoms with Gasteiger partial charge in [0.2, 0.25) is 0 Å². The molecule has 2 aliphatic heterocycles. The van der Waals surface area contributed by atoms with E-state index in [9.17, 15) is 9.59 Å². The van der Waals surface area contributed by atoms with Gasteiger partial charge in [0.05, 0.1) is 18.3 Å². The van der Waals surface area contributed by atoms with Crippen LogP contribution in [0.3, 0.4) is 0 Å². The first-order valence-electron chi connectivity index (χ1n) is 10.00. The van der Waals surface area contributed by atoms with Crippen LogP contribution in [0.15, 0.2) is 48.7 Å². The summed E-state index contributed by atoms with van der Waals surface area (Å²) in [6.45, 7) is 1.24. The first kappa shape index (κ1) is 18.5. The van der Waals surface area contributed by atoms with Crippen molar-refractivity contribution in [2.45, 2.75) is 18.9 Å². The summed E-state index contributed by atoms with van der Waals surface area (Å²) >= 11 is 0. The van der Waals surface area contributed by atoms with E-state index in [0.29, 0.717) is 29.4 Å². The molecule has 0 radical (unpaired) electrons. The van der Waals surface area contributed by atoms with Crippen LogP contribution in [-0.4, -0.2) is 42.8 Å². The lowest BCUT2D eigenvalue weighted by Crippen LogP contribution is -2.43. The molecule has 2 aromatic carbocycles. The molecule has 1 atom stereocenters. The van der Waals surface area contributed by atoms with Crippen molar-refractivity contribution in [2.75, 3.05) is 35.3 Å². The summed E-state index contributed by atoms with van der Waals surface area (Å²) in [5.41, 5.74) is 2.92. The fourth-order valence-corrected chi connectivity index (χ4v) is 3.89. The number of hydrogen-bond acceptors (Lipinski definition) is 4. The van der Waals surface area contributed by atoms with Crippen LogP contribution in [0, 0.1) is 0 Å². The highest BCUT2D eigenvalue weighted by atomic mass is 16.5. The Morgan fingerprint density at radius 2 is 1.97 bits per heavy atom. The summed E-state index contributed by atoms with van der Waals surface area (Å²) in [7, 11) is 0. The van der Waals surface area contributed by atoms with Gasteiger partial charge in [0.25, 0.3) is 5.91 Å². The van der Waals surface area contributed by atoms with Crippen LogP contribution in [-0.2, 0) is 9.53 Å². The van der Waals surface area contributed by atoms with E-state index in [0.717, 1.165) is 30.4 Å². The summed E-state index contributed by atoms with van der Waals surface area (Å²) in [4.78, 5) is 29.6. The third kappa shape index (κ3) is 3.69. The van der Waals surface area contributed by atoms with Gasteiger partial charge in [0.1, 0.15) is 5.75 Å². The number of carbonyl (C=O) groups excluding carboxylic acids is 2. The van der Waals surface area contributed by atoms with Crippen LogP contribution in [0.25, 0.3) is 10.9 Å². The van der Waals surface area contributed by atoms with Gasteiger partial charge in [-0.15, -0.1) is 0 Å². The van der Waals surface area contributed by atoms with Crippen LogP contribution in [0.5, 0.6) is 5.75 Å². The van der Waals surface area contributed by atoms with Gasteiger partial charge in [-0.1, -0.05) is 6.07 Å². The van der Waals surface area contributed by atoms with Gasteiger partial charge >= 0.3 is 6.03 Å². The number of nitrogens with zero attached hydrogens (tertiary/aromatic N) is 1. The number of urea groups is 1. The van der Waals surface area contributed by atoms with Crippen molar-refractivity contribution in [1.82, 2.24) is 4.98 Å². The summed E-state index contributed by atoms with van der Waals surface area (Å²) in [5, 5.41) is 6.72. The molecule has 154 valence electrons. The van der Waals surface area contributed by atoms with Crippen LogP contribution in [0.1, 0.15) is 12.8 Å². The van der Waals surface area contributed by atoms with Crippen LogP contribution in [0.2, 0.25) is 0 Å². The number of rotatable bonds is 4. The van der Waals surface area contributed by atoms with Gasteiger partial charge in [-0.3, -0.25) is 4.79 Å². The quantitative estimate of drug-likeness (QED) is 0.615. The number of nitrogens with one attached hydrogen (secondary N) is 3. The third-order valence-corrected chi connectivity index (χ3v) is 5.38. The van der Waals surface area contributed by atoms with E-state index in [1.54, 1.807) is 23.1 Å². The maximum absolute atomic E-state index is 12.4. The molecule has 0 saturated carbocycles. The summed E-state index contributed by atoms with van der Waals surface area (Å²) < 4.78 is 11.3. The number of aromatic amines is 1. The van der Waals surface area contributed by atoms with Crippen LogP contribution in [0.4, 0.5) is 21.9 Å². The van der Waals surface area contributed by atoms with Crippen molar-refractivity contribution in [2.24, 2.45) is 0 Å². The molecule has 30 heavy (non-hydrogen) atoms. The van der Waals surface area contributed by atoms with E-state index < -0.39 is 0 Å². The minimum absolute atomic E-state index is 0.0223. The van der Waals surface area contributed by atoms with Gasteiger partial charge in [-0.05, 0) is 48.6 Å². The maximum atomic E-state index is 12.4. The Labute approximate surface area is 173 Å². The van der Waals surface area contributed by atoms with Crippen molar-refractivity contribution in [3.05, 3.63) is 48.7 Å². The van der Waals surface area contributed by atoms with E-state index in [1.807, 2.05) is 30.5 Å². The molecule has 0 aliphatic carbocycles. The van der Waals surface area contributed by atoms with Gasteiger partial charge < -0.3 is 30.0 Å². The van der Waals surface area contributed by atoms with E-state index in [1.165, 1.54) is 0 Å². The highest BCUT2D eigenvalue weighted by Gasteiger charge is 2.29. The fraction of sp³-hybridized carbons (Fsp3) is 0.273. The molecule has 3 amide bonds. The number of amides is 3. The molecule has 0 bridgehead atoms. The summed E-state index contributed by atoms with van der Waals surface area (Å²) in [5.74, 6) is 0.481. The highest BCUT2D eigenvalue weighted by molar-refractivity contribution is 6.02. The molecule has 2 aliphatic rings. The van der Waals surface area contributed by atoms with Gasteiger partial charge in [-0.25, -0.2) is 4.79 Å². The lowest BCUT2D eigenvalue weighted by atomic mass is 10.1. The first-order chi connectivity index (χ1) is 14.7. The fourth-order valence-electron chi connectivity index (χ4n) is 3.89. The number of benzene rings is 2. The lowest BCUT2D eigenvalue weighted by Gasteiger charge is -2.31. The second-order valence-corrected chi connectivity index (χ2v) is 7.47. The predicted octanol–water partition coefficient (Wildman–Crippen LogP) is 3.72. The predicted molar refractivity (Wildman–Crippen MR) is 114 cm³/mol. The Hall–Kier alpha value is -3.52. The molecular formula is C22H22N4O4. The monoisotopic (exact) mass is 406 g/mol. The minimum atomic E-state index is -0.357. The molecule has 0 spiro atoms. The Kier molecular flexibility index (Phi) is 4.76. The second-order valence-electron chi connectivity index (χ2n) is 7.47. The van der Waals surface area contributed by atoms with Crippen LogP contribution < -0.4 is 20.3 Å². The zero-order valence-corrected chi connectivity index (χ0v) is 16.3. The lowest BCUT2D eigenvalue weighted by molar-refractivity contribution is -0.121. The number of anilines is 3. The molecule has 5 rings (SSSR count). The topological polar surface area (TPSA) is 95.7 Å². The van der Waals surface area contributed by atoms with E-state index in [-0.39, 0.29) is 24.6 Å². The number of carbonyl (C=O) groups is 2. The van der Waals surface area contributed by atoms with Gasteiger partial charge in [0.15, 0.2) is 6.61 Å². The summed E-state index contributed by atoms with van der Waals surface area (Å²) in [6.07, 6.45) is 3.88. The van der Waals surface area contributed by atoms with Crippen molar-refractivity contribution in [3.63, 3.8) is 0 Å². The van der Waals surface area contributed by atoms with Gasteiger partial charge in [0, 0.05) is 35.8 Å².